The van der Waals surface area contributed by atoms with Crippen LogP contribution in [0.2, 0.25) is 25.7 Å². The molecule has 0 fully saturated rings. The highest BCUT2D eigenvalue weighted by atomic mass is 127. The van der Waals surface area contributed by atoms with Crippen LogP contribution in [0.3, 0.4) is 0 Å². The Balaban J connectivity index is 1.51. The van der Waals surface area contributed by atoms with E-state index in [4.69, 9.17) is 23.7 Å². The quantitative estimate of drug-likeness (QED) is 0.0502. The first kappa shape index (κ1) is 34.1. The highest BCUT2D eigenvalue weighted by Crippen LogP contribution is 2.34. The standard InChI is InChI=1S/C35H38INO7Si/c1-41-27-11-9-24(10-12-27)7-5-17-42-35(40)30-23-43-32-14-13-28(22-29(30)32)44-34-26(8-6-18-45(2,3)4)19-25(20-31(34)36)21-33(39)37-15-16-38/h9-14,19-20,22-23,38H,5,7,15-18,21H2,1-4H3,(H,37,39). The van der Waals surface area contributed by atoms with Crippen molar-refractivity contribution in [2.45, 2.75) is 44.9 Å². The first-order chi connectivity index (χ1) is 21.6. The monoisotopic (exact) mass is 739 g/mol. The summed E-state index contributed by atoms with van der Waals surface area (Å²) in [6, 6.07) is 17.7. The number of fused-ring (bicyclic) bond motifs is 1. The molecule has 0 radical (unpaired) electrons. The Bertz CT molecular complexity index is 1700. The number of nitrogens with one attached hydrogen (secondary N) is 1. The fourth-order valence-corrected chi connectivity index (χ4v) is 5.87. The first-order valence-electron chi connectivity index (χ1n) is 14.7. The van der Waals surface area contributed by atoms with E-state index in [1.807, 2.05) is 36.4 Å². The Morgan fingerprint density at radius 1 is 1.02 bits per heavy atom. The van der Waals surface area contributed by atoms with Crippen molar-refractivity contribution in [1.82, 2.24) is 5.32 Å². The number of carbonyl (C=O) groups is 2. The number of benzene rings is 3. The van der Waals surface area contributed by atoms with E-state index in [1.54, 1.807) is 25.3 Å². The van der Waals surface area contributed by atoms with E-state index >= 15 is 0 Å². The molecule has 1 heterocycles. The molecular weight excluding hydrogens is 701 g/mol. The lowest BCUT2D eigenvalue weighted by atomic mass is 10.1. The van der Waals surface area contributed by atoms with Crippen LogP contribution in [0.15, 0.2) is 65.3 Å². The zero-order valence-corrected chi connectivity index (χ0v) is 29.2. The second kappa shape index (κ2) is 16.0. The molecule has 4 rings (SSSR count). The van der Waals surface area contributed by atoms with Crippen molar-refractivity contribution in [3.05, 3.63) is 86.7 Å². The molecular formula is C35H38INO7Si. The van der Waals surface area contributed by atoms with Crippen LogP contribution in [-0.4, -0.2) is 51.9 Å². The number of esters is 1. The maximum atomic E-state index is 13.0. The normalized spacial score (nSPS) is 11.1. The number of amides is 1. The Morgan fingerprint density at radius 2 is 1.78 bits per heavy atom. The highest BCUT2D eigenvalue weighted by Gasteiger charge is 2.18. The number of hydrogen-bond acceptors (Lipinski definition) is 7. The molecule has 0 spiro atoms. The molecule has 4 aromatic rings. The minimum Gasteiger partial charge on any atom is -0.497 e. The molecule has 0 saturated heterocycles. The van der Waals surface area contributed by atoms with Crippen LogP contribution in [0.25, 0.3) is 11.0 Å². The number of ether oxygens (including phenoxy) is 3. The molecule has 45 heavy (non-hydrogen) atoms. The number of carbonyl (C=O) groups excluding carboxylic acids is 2. The van der Waals surface area contributed by atoms with Crippen LogP contribution >= 0.6 is 22.6 Å². The van der Waals surface area contributed by atoms with Crippen LogP contribution in [0.1, 0.15) is 33.5 Å². The van der Waals surface area contributed by atoms with E-state index in [-0.39, 0.29) is 32.1 Å². The molecule has 3 aromatic carbocycles. The van der Waals surface area contributed by atoms with Gasteiger partial charge in [0.1, 0.15) is 28.9 Å². The van der Waals surface area contributed by atoms with Gasteiger partial charge < -0.3 is 29.1 Å². The van der Waals surface area contributed by atoms with E-state index in [9.17, 15) is 9.59 Å². The second-order valence-corrected chi connectivity index (χ2v) is 18.4. The average Bonchev–Trinajstić information content (AvgIpc) is 3.43. The van der Waals surface area contributed by atoms with E-state index < -0.39 is 14.0 Å². The van der Waals surface area contributed by atoms with E-state index in [0.717, 1.165) is 32.9 Å². The van der Waals surface area contributed by atoms with Crippen LogP contribution < -0.4 is 14.8 Å². The van der Waals surface area contributed by atoms with Gasteiger partial charge >= 0.3 is 5.97 Å². The van der Waals surface area contributed by atoms with Crippen LogP contribution in [-0.2, 0) is 22.4 Å². The van der Waals surface area contributed by atoms with Gasteiger partial charge in [-0.25, -0.2) is 4.79 Å². The number of furan rings is 1. The molecule has 0 unspecified atom stereocenters. The summed E-state index contributed by atoms with van der Waals surface area (Å²) in [5.74, 6) is 7.84. The summed E-state index contributed by atoms with van der Waals surface area (Å²) in [6.07, 6.45) is 3.02. The zero-order chi connectivity index (χ0) is 32.4. The molecule has 0 aliphatic rings. The van der Waals surface area contributed by atoms with Gasteiger partial charge in [0.2, 0.25) is 5.91 Å². The van der Waals surface area contributed by atoms with Crippen molar-refractivity contribution >= 4 is 53.5 Å². The smallest absolute Gasteiger partial charge is 0.342 e. The predicted octanol–water partition coefficient (Wildman–Crippen LogP) is 6.97. The SMILES string of the molecule is COc1ccc(CCCOC(=O)c2coc3ccc(Oc4c(I)cc(CC(=O)NCCO)cc4C#CC[Si](C)(C)C)cc23)cc1. The van der Waals surface area contributed by atoms with Crippen molar-refractivity contribution < 1.29 is 33.3 Å². The molecule has 0 aliphatic carbocycles. The third-order valence-corrected chi connectivity index (χ3v) is 8.77. The van der Waals surface area contributed by atoms with E-state index in [0.29, 0.717) is 40.0 Å². The van der Waals surface area contributed by atoms with Crippen LogP contribution in [0.5, 0.6) is 17.2 Å². The average molecular weight is 740 g/mol. The number of aliphatic hydroxyl groups excluding tert-OH is 1. The summed E-state index contributed by atoms with van der Waals surface area (Å²) >= 11 is 2.19. The maximum Gasteiger partial charge on any atom is 0.342 e. The first-order valence-corrected chi connectivity index (χ1v) is 19.5. The lowest BCUT2D eigenvalue weighted by Crippen LogP contribution is -2.27. The van der Waals surface area contributed by atoms with E-state index in [1.165, 1.54) is 6.26 Å². The summed E-state index contributed by atoms with van der Waals surface area (Å²) in [6.45, 7) is 7.14. The summed E-state index contributed by atoms with van der Waals surface area (Å²) < 4.78 is 23.6. The third-order valence-electron chi connectivity index (χ3n) is 6.73. The van der Waals surface area contributed by atoms with Gasteiger partial charge in [-0.1, -0.05) is 37.7 Å². The van der Waals surface area contributed by atoms with E-state index in [2.05, 4.69) is 59.4 Å². The topological polar surface area (TPSA) is 107 Å². The van der Waals surface area contributed by atoms with Gasteiger partial charge in [0, 0.05) is 18.0 Å². The van der Waals surface area contributed by atoms with Gasteiger partial charge in [0.15, 0.2) is 5.75 Å². The summed E-state index contributed by atoms with van der Waals surface area (Å²) in [4.78, 5) is 25.3. The number of aliphatic hydroxyl groups is 1. The minimum absolute atomic E-state index is 0.117. The molecule has 0 aliphatic heterocycles. The van der Waals surface area contributed by atoms with Gasteiger partial charge in [-0.2, -0.15) is 0 Å². The molecule has 0 bridgehead atoms. The molecule has 236 valence electrons. The second-order valence-electron chi connectivity index (χ2n) is 11.7. The molecule has 0 atom stereocenters. The van der Waals surface area contributed by atoms with Gasteiger partial charge in [-0.3, -0.25) is 4.79 Å². The summed E-state index contributed by atoms with van der Waals surface area (Å²) in [5, 5.41) is 12.3. The molecule has 8 nitrogen and oxygen atoms in total. The van der Waals surface area contributed by atoms with Crippen molar-refractivity contribution in [3.8, 4) is 29.1 Å². The molecule has 1 amide bonds. The van der Waals surface area contributed by atoms with Crippen molar-refractivity contribution in [3.63, 3.8) is 0 Å². The van der Waals surface area contributed by atoms with Crippen molar-refractivity contribution in [2.24, 2.45) is 0 Å². The van der Waals surface area contributed by atoms with Gasteiger partial charge in [0.05, 0.1) is 44.0 Å². The van der Waals surface area contributed by atoms with Gasteiger partial charge in [-0.15, -0.1) is 5.92 Å². The number of aryl methyl sites for hydroxylation is 1. The predicted molar refractivity (Wildman–Crippen MR) is 186 cm³/mol. The molecule has 2 N–H and O–H groups in total. The van der Waals surface area contributed by atoms with Crippen LogP contribution in [0.4, 0.5) is 0 Å². The van der Waals surface area contributed by atoms with Gasteiger partial charge in [-0.05, 0) is 89.0 Å². The maximum absolute atomic E-state index is 13.0. The Hall–Kier alpha value is -3.79. The fraction of sp³-hybridized carbons (Fsp3) is 0.314. The molecule has 10 heteroatoms. The highest BCUT2D eigenvalue weighted by molar-refractivity contribution is 14.1. The lowest BCUT2D eigenvalue weighted by Gasteiger charge is -2.13. The number of hydrogen-bond donors (Lipinski definition) is 2. The molecule has 1 aromatic heterocycles. The van der Waals surface area contributed by atoms with Crippen LogP contribution in [0, 0.1) is 15.4 Å². The lowest BCUT2D eigenvalue weighted by molar-refractivity contribution is -0.120. The zero-order valence-electron chi connectivity index (χ0n) is 26.0. The number of halogens is 1. The summed E-state index contributed by atoms with van der Waals surface area (Å²) in [5.41, 5.74) is 3.48. The summed E-state index contributed by atoms with van der Waals surface area (Å²) in [7, 11) is 0.227. The Morgan fingerprint density at radius 3 is 2.49 bits per heavy atom. The minimum atomic E-state index is -1.41. The third kappa shape index (κ3) is 10.1. The van der Waals surface area contributed by atoms with Crippen molar-refractivity contribution in [2.75, 3.05) is 26.9 Å². The van der Waals surface area contributed by atoms with Gasteiger partial charge in [0.25, 0.3) is 0 Å². The largest absolute Gasteiger partial charge is 0.497 e. The Kier molecular flexibility index (Phi) is 12.1. The van der Waals surface area contributed by atoms with Crippen molar-refractivity contribution in [1.29, 1.82) is 0 Å². The molecule has 0 saturated carbocycles. The number of methoxy groups -OCH3 is 1. The fourth-order valence-electron chi connectivity index (χ4n) is 4.45. The Labute approximate surface area is 278 Å². The number of rotatable bonds is 13.